The quantitative estimate of drug-likeness (QED) is 0.697. The van der Waals surface area contributed by atoms with Crippen molar-refractivity contribution in [3.63, 3.8) is 0 Å². The number of hydrogen-bond acceptors (Lipinski definition) is 4. The van der Waals surface area contributed by atoms with E-state index in [0.717, 1.165) is 19.5 Å². The lowest BCUT2D eigenvalue weighted by atomic mass is 10.2. The molecule has 1 saturated heterocycles. The maximum atomic E-state index is 11.5. The van der Waals surface area contributed by atoms with Crippen molar-refractivity contribution in [1.29, 1.82) is 0 Å². The van der Waals surface area contributed by atoms with Gasteiger partial charge < -0.3 is 10.1 Å². The van der Waals surface area contributed by atoms with Crippen molar-refractivity contribution in [2.45, 2.75) is 12.5 Å². The lowest BCUT2D eigenvalue weighted by molar-refractivity contribution is 0.0344. The average Bonchev–Trinajstić information content (AvgIpc) is 2.72. The minimum Gasteiger partial charge on any atom is -0.457 e. The summed E-state index contributed by atoms with van der Waals surface area (Å²) in [6.45, 7) is 1.69. The molecule has 2 heterocycles. The van der Waals surface area contributed by atoms with Gasteiger partial charge in [0.2, 0.25) is 0 Å². The van der Waals surface area contributed by atoms with Crippen LogP contribution in [0.4, 0.5) is 0 Å². The second-order valence-corrected chi connectivity index (χ2v) is 3.26. The molecule has 0 aromatic carbocycles. The summed E-state index contributed by atoms with van der Waals surface area (Å²) in [5.74, 6) is -0.263. The summed E-state index contributed by atoms with van der Waals surface area (Å²) in [6.07, 6.45) is 4.10. The highest BCUT2D eigenvalue weighted by atomic mass is 16.5. The topological polar surface area (TPSA) is 51.2 Å². The van der Waals surface area contributed by atoms with Gasteiger partial charge in [-0.25, -0.2) is 4.79 Å². The largest absolute Gasteiger partial charge is 0.457 e. The molecular formula is C10H12N2O2. The van der Waals surface area contributed by atoms with Crippen molar-refractivity contribution in [1.82, 2.24) is 10.3 Å². The fraction of sp³-hybridized carbons (Fsp3) is 0.400. The molecule has 0 saturated carbocycles. The Morgan fingerprint density at radius 3 is 2.93 bits per heavy atom. The second kappa shape index (κ2) is 4.19. The van der Waals surface area contributed by atoms with Crippen LogP contribution in [0.3, 0.4) is 0 Å². The van der Waals surface area contributed by atoms with Gasteiger partial charge >= 0.3 is 5.97 Å². The Morgan fingerprint density at radius 2 is 2.29 bits per heavy atom. The van der Waals surface area contributed by atoms with Crippen LogP contribution < -0.4 is 5.32 Å². The molecule has 1 aromatic heterocycles. The van der Waals surface area contributed by atoms with Gasteiger partial charge in [-0.2, -0.15) is 0 Å². The summed E-state index contributed by atoms with van der Waals surface area (Å²) in [5, 5.41) is 3.14. The zero-order valence-corrected chi connectivity index (χ0v) is 7.77. The molecule has 1 aliphatic heterocycles. The second-order valence-electron chi connectivity index (χ2n) is 3.26. The minimum atomic E-state index is -0.263. The summed E-state index contributed by atoms with van der Waals surface area (Å²) >= 11 is 0. The van der Waals surface area contributed by atoms with Crippen molar-refractivity contribution in [3.8, 4) is 0 Å². The fourth-order valence-corrected chi connectivity index (χ4v) is 1.44. The third-order valence-corrected chi connectivity index (χ3v) is 2.20. The zero-order chi connectivity index (χ0) is 9.80. The normalized spacial score (nSPS) is 20.7. The third kappa shape index (κ3) is 2.09. The summed E-state index contributed by atoms with van der Waals surface area (Å²) < 4.78 is 5.27. The monoisotopic (exact) mass is 192 g/mol. The van der Waals surface area contributed by atoms with Crippen molar-refractivity contribution in [2.24, 2.45) is 0 Å². The number of pyridine rings is 1. The van der Waals surface area contributed by atoms with E-state index in [9.17, 15) is 4.79 Å². The van der Waals surface area contributed by atoms with E-state index in [1.54, 1.807) is 24.5 Å². The van der Waals surface area contributed by atoms with Crippen LogP contribution in [0.2, 0.25) is 0 Å². The van der Waals surface area contributed by atoms with Gasteiger partial charge in [0.05, 0.1) is 5.56 Å². The van der Waals surface area contributed by atoms with E-state index < -0.39 is 0 Å². The Labute approximate surface area is 82.3 Å². The highest BCUT2D eigenvalue weighted by Crippen LogP contribution is 2.07. The van der Waals surface area contributed by atoms with Crippen molar-refractivity contribution in [3.05, 3.63) is 30.1 Å². The number of carbonyl (C=O) groups excluding carboxylic acids is 1. The van der Waals surface area contributed by atoms with Crippen LogP contribution in [-0.4, -0.2) is 30.1 Å². The van der Waals surface area contributed by atoms with Gasteiger partial charge in [0.25, 0.3) is 0 Å². The number of nitrogens with one attached hydrogen (secondary N) is 1. The molecule has 1 atom stereocenters. The van der Waals surface area contributed by atoms with Crippen molar-refractivity contribution < 1.29 is 9.53 Å². The molecule has 1 N–H and O–H groups in total. The highest BCUT2D eigenvalue weighted by Gasteiger charge is 2.19. The molecule has 4 nitrogen and oxygen atoms in total. The minimum absolute atomic E-state index is 0.0238. The maximum absolute atomic E-state index is 11.5. The molecule has 0 amide bonds. The van der Waals surface area contributed by atoms with E-state index in [4.69, 9.17) is 4.74 Å². The Hall–Kier alpha value is -1.42. The molecule has 1 fully saturated rings. The molecule has 74 valence electrons. The highest BCUT2D eigenvalue weighted by molar-refractivity contribution is 5.89. The van der Waals surface area contributed by atoms with Gasteiger partial charge in [0, 0.05) is 18.9 Å². The molecule has 4 heteroatoms. The number of nitrogens with zero attached hydrogens (tertiary/aromatic N) is 1. The number of ether oxygens (including phenoxy) is 1. The Bertz CT molecular complexity index is 307. The van der Waals surface area contributed by atoms with Crippen LogP contribution in [-0.2, 0) is 4.74 Å². The number of carbonyl (C=O) groups is 1. The molecular weight excluding hydrogens is 180 g/mol. The lowest BCUT2D eigenvalue weighted by Gasteiger charge is -2.09. The van der Waals surface area contributed by atoms with Crippen LogP contribution in [0.5, 0.6) is 0 Å². The van der Waals surface area contributed by atoms with E-state index >= 15 is 0 Å². The number of hydrogen-bond donors (Lipinski definition) is 1. The maximum Gasteiger partial charge on any atom is 0.338 e. The standard InChI is InChI=1S/C10H12N2O2/c13-10(8-1-4-11-5-2-8)14-9-3-6-12-7-9/h1-2,4-5,9,12H,3,6-7H2/t9-/m1/s1. The first-order valence-corrected chi connectivity index (χ1v) is 4.68. The first-order valence-electron chi connectivity index (χ1n) is 4.68. The van der Waals surface area contributed by atoms with E-state index in [0.29, 0.717) is 5.56 Å². The molecule has 1 aromatic rings. The Morgan fingerprint density at radius 1 is 1.50 bits per heavy atom. The number of rotatable bonds is 2. The Balaban J connectivity index is 1.95. The van der Waals surface area contributed by atoms with Gasteiger partial charge in [-0.05, 0) is 25.1 Å². The predicted octanol–water partition coefficient (Wildman–Crippen LogP) is 0.600. The van der Waals surface area contributed by atoms with Gasteiger partial charge in [-0.15, -0.1) is 0 Å². The molecule has 1 aliphatic rings. The molecule has 14 heavy (non-hydrogen) atoms. The van der Waals surface area contributed by atoms with E-state index in [1.165, 1.54) is 0 Å². The van der Waals surface area contributed by atoms with Crippen LogP contribution in [0.25, 0.3) is 0 Å². The smallest absolute Gasteiger partial charge is 0.338 e. The van der Waals surface area contributed by atoms with Gasteiger partial charge in [0.15, 0.2) is 0 Å². The SMILES string of the molecule is O=C(O[C@@H]1CCNC1)c1ccncc1. The van der Waals surface area contributed by atoms with E-state index in [-0.39, 0.29) is 12.1 Å². The number of aromatic nitrogens is 1. The molecule has 0 spiro atoms. The lowest BCUT2D eigenvalue weighted by Crippen LogP contribution is -2.20. The first kappa shape index (κ1) is 9.15. The molecule has 0 bridgehead atoms. The van der Waals surface area contributed by atoms with Gasteiger partial charge in [0.1, 0.15) is 6.10 Å². The average molecular weight is 192 g/mol. The molecule has 0 unspecified atom stereocenters. The van der Waals surface area contributed by atoms with E-state index in [1.807, 2.05) is 0 Å². The third-order valence-electron chi connectivity index (χ3n) is 2.20. The van der Waals surface area contributed by atoms with Crippen LogP contribution >= 0.6 is 0 Å². The summed E-state index contributed by atoms with van der Waals surface area (Å²) in [5.41, 5.74) is 0.562. The van der Waals surface area contributed by atoms with Crippen LogP contribution in [0.1, 0.15) is 16.8 Å². The molecule has 2 rings (SSSR count). The van der Waals surface area contributed by atoms with E-state index in [2.05, 4.69) is 10.3 Å². The van der Waals surface area contributed by atoms with Crippen LogP contribution in [0.15, 0.2) is 24.5 Å². The zero-order valence-electron chi connectivity index (χ0n) is 7.77. The Kier molecular flexibility index (Phi) is 2.74. The van der Waals surface area contributed by atoms with Gasteiger partial charge in [-0.1, -0.05) is 0 Å². The summed E-state index contributed by atoms with van der Waals surface area (Å²) in [4.78, 5) is 15.4. The first-order chi connectivity index (χ1) is 6.86. The van der Waals surface area contributed by atoms with Gasteiger partial charge in [-0.3, -0.25) is 4.98 Å². The molecule has 0 aliphatic carbocycles. The summed E-state index contributed by atoms with van der Waals surface area (Å²) in [7, 11) is 0. The molecule has 0 radical (unpaired) electrons. The van der Waals surface area contributed by atoms with Crippen molar-refractivity contribution in [2.75, 3.05) is 13.1 Å². The number of esters is 1. The summed E-state index contributed by atoms with van der Waals surface area (Å²) in [6, 6.07) is 3.31. The van der Waals surface area contributed by atoms with Crippen molar-refractivity contribution >= 4 is 5.97 Å². The van der Waals surface area contributed by atoms with Crippen LogP contribution in [0, 0.1) is 0 Å². The fourth-order valence-electron chi connectivity index (χ4n) is 1.44. The predicted molar refractivity (Wildman–Crippen MR) is 50.9 cm³/mol.